The number of rotatable bonds is 10. The highest BCUT2D eigenvalue weighted by molar-refractivity contribution is 6.41. The maximum absolute atomic E-state index is 14.5. The number of carbonyl (C=O) groups excluding carboxylic acids is 3. The third-order valence-corrected chi connectivity index (χ3v) is 10.3. The number of anilines is 3. The zero-order valence-electron chi connectivity index (χ0n) is 34.5. The Hall–Kier alpha value is -5.00. The van der Waals surface area contributed by atoms with Gasteiger partial charge in [0.15, 0.2) is 0 Å². The number of nitro groups is 1. The van der Waals surface area contributed by atoms with Gasteiger partial charge in [0.1, 0.15) is 38.4 Å². The van der Waals surface area contributed by atoms with Gasteiger partial charge in [-0.05, 0) is 93.5 Å². The van der Waals surface area contributed by atoms with Crippen LogP contribution in [0.2, 0.25) is 10.0 Å². The predicted octanol–water partition coefficient (Wildman–Crippen LogP) is 8.44. The highest BCUT2D eigenvalue weighted by Gasteiger charge is 2.46. The molecular weight excluding hydrogens is 795 g/mol. The number of nitro benzene ring substituents is 1. The number of urea groups is 1. The Morgan fingerprint density at radius 3 is 1.95 bits per heavy atom. The summed E-state index contributed by atoms with van der Waals surface area (Å²) in [5.41, 5.74) is -2.00. The van der Waals surface area contributed by atoms with Crippen LogP contribution in [-0.4, -0.2) is 115 Å². The van der Waals surface area contributed by atoms with E-state index in [0.717, 1.165) is 17.7 Å². The molecule has 3 aliphatic rings. The van der Waals surface area contributed by atoms with E-state index >= 15 is 0 Å². The van der Waals surface area contributed by atoms with Crippen molar-refractivity contribution in [3.8, 4) is 11.5 Å². The molecule has 1 saturated heterocycles. The lowest BCUT2D eigenvalue weighted by Gasteiger charge is -2.41. The average molecular weight is 848 g/mol. The van der Waals surface area contributed by atoms with Crippen LogP contribution in [-0.2, 0) is 9.47 Å². The molecule has 0 aromatic heterocycles. The number of methoxy groups -OCH3 is 2. The normalized spacial score (nSPS) is 17.4. The highest BCUT2D eigenvalue weighted by Crippen LogP contribution is 2.46. The van der Waals surface area contributed by atoms with Crippen LogP contribution in [0.15, 0.2) is 29.3 Å². The molecule has 1 saturated carbocycles. The second-order valence-electron chi connectivity index (χ2n) is 16.4. The van der Waals surface area contributed by atoms with Crippen LogP contribution in [0, 0.1) is 10.1 Å². The zero-order valence-corrected chi connectivity index (χ0v) is 36.0. The van der Waals surface area contributed by atoms with Crippen molar-refractivity contribution in [2.45, 2.75) is 96.8 Å². The van der Waals surface area contributed by atoms with Crippen molar-refractivity contribution in [2.24, 2.45) is 4.99 Å². The molecule has 2 aliphatic heterocycles. The Bertz CT molecular complexity index is 1960. The summed E-state index contributed by atoms with van der Waals surface area (Å²) < 4.78 is 22.3. The molecule has 17 nitrogen and oxygen atoms in total. The predicted molar refractivity (Wildman–Crippen MR) is 224 cm³/mol. The molecule has 2 fully saturated rings. The van der Waals surface area contributed by atoms with Gasteiger partial charge in [-0.15, -0.1) is 0 Å². The minimum Gasteiger partial charge on any atom is -0.495 e. The summed E-state index contributed by atoms with van der Waals surface area (Å²) in [6.45, 7) is 11.2. The monoisotopic (exact) mass is 846 g/mol. The Morgan fingerprint density at radius 2 is 1.45 bits per heavy atom. The van der Waals surface area contributed by atoms with Gasteiger partial charge >= 0.3 is 18.2 Å². The summed E-state index contributed by atoms with van der Waals surface area (Å²) in [6, 6.07) is 3.75. The summed E-state index contributed by atoms with van der Waals surface area (Å²) >= 11 is 13.3. The summed E-state index contributed by atoms with van der Waals surface area (Å²) in [5.74, 6) is 0.370. The fourth-order valence-electron chi connectivity index (χ4n) is 6.68. The molecule has 2 N–H and O–H groups in total. The van der Waals surface area contributed by atoms with E-state index in [0.29, 0.717) is 37.7 Å². The first kappa shape index (κ1) is 44.1. The first-order chi connectivity index (χ1) is 27.1. The largest absolute Gasteiger partial charge is 0.495 e. The van der Waals surface area contributed by atoms with Crippen LogP contribution < -0.4 is 25.0 Å². The van der Waals surface area contributed by atoms with Crippen molar-refractivity contribution < 1.29 is 38.3 Å². The van der Waals surface area contributed by atoms with E-state index in [1.165, 1.54) is 43.5 Å². The lowest BCUT2D eigenvalue weighted by molar-refractivity contribution is -0.383. The van der Waals surface area contributed by atoms with Gasteiger partial charge in [-0.2, -0.15) is 0 Å². The molecule has 0 spiro atoms. The van der Waals surface area contributed by atoms with Gasteiger partial charge in [-0.3, -0.25) is 20.3 Å². The maximum Gasteiger partial charge on any atom is 0.418 e. The molecule has 58 heavy (non-hydrogen) atoms. The van der Waals surface area contributed by atoms with Crippen LogP contribution in [0.5, 0.6) is 11.5 Å². The van der Waals surface area contributed by atoms with E-state index in [-0.39, 0.29) is 44.2 Å². The van der Waals surface area contributed by atoms with E-state index in [2.05, 4.69) is 20.5 Å². The second kappa shape index (κ2) is 17.5. The summed E-state index contributed by atoms with van der Waals surface area (Å²) in [6.07, 6.45) is 2.35. The number of amides is 4. The Kier molecular flexibility index (Phi) is 13.3. The molecule has 0 radical (unpaired) electrons. The summed E-state index contributed by atoms with van der Waals surface area (Å²) in [5, 5.41) is 18.3. The van der Waals surface area contributed by atoms with Gasteiger partial charge < -0.3 is 34.1 Å². The number of piperidine rings is 1. The van der Waals surface area contributed by atoms with Crippen LogP contribution in [0.1, 0.15) is 72.8 Å². The minimum absolute atomic E-state index is 0.000216. The molecule has 19 heteroatoms. The highest BCUT2D eigenvalue weighted by atomic mass is 35.5. The zero-order chi connectivity index (χ0) is 42.9. The van der Waals surface area contributed by atoms with E-state index in [9.17, 15) is 24.5 Å². The van der Waals surface area contributed by atoms with Crippen molar-refractivity contribution in [3.63, 3.8) is 0 Å². The molecule has 316 valence electrons. The van der Waals surface area contributed by atoms with E-state index in [1.54, 1.807) is 47.6 Å². The smallest absolute Gasteiger partial charge is 0.418 e. The molecule has 1 atom stereocenters. The van der Waals surface area contributed by atoms with Crippen LogP contribution >= 0.6 is 23.2 Å². The topological polar surface area (TPSA) is 181 Å². The molecule has 5 rings (SSSR count). The van der Waals surface area contributed by atoms with Gasteiger partial charge in [0, 0.05) is 54.8 Å². The van der Waals surface area contributed by atoms with Crippen molar-refractivity contribution >= 4 is 76.1 Å². The molecule has 1 aliphatic carbocycles. The van der Waals surface area contributed by atoms with Crippen molar-refractivity contribution in [2.75, 3.05) is 56.9 Å². The van der Waals surface area contributed by atoms with Crippen LogP contribution in [0.25, 0.3) is 5.70 Å². The van der Waals surface area contributed by atoms with Crippen molar-refractivity contribution in [1.29, 1.82) is 0 Å². The Labute approximate surface area is 348 Å². The van der Waals surface area contributed by atoms with Gasteiger partial charge in [0.2, 0.25) is 6.29 Å². The molecule has 4 amide bonds. The quantitative estimate of drug-likeness (QED) is 0.173. The average Bonchev–Trinajstić information content (AvgIpc) is 3.97. The number of hydrogen-bond acceptors (Lipinski definition) is 12. The number of carbonyl (C=O) groups is 3. The van der Waals surface area contributed by atoms with Gasteiger partial charge in [-0.1, -0.05) is 23.2 Å². The van der Waals surface area contributed by atoms with Gasteiger partial charge in [-0.25, -0.2) is 24.3 Å². The fraction of sp³-hybridized carbons (Fsp3) is 0.538. The first-order valence-corrected chi connectivity index (χ1v) is 19.6. The van der Waals surface area contributed by atoms with Crippen LogP contribution in [0.4, 0.5) is 37.1 Å². The van der Waals surface area contributed by atoms with Gasteiger partial charge in [0.25, 0.3) is 5.69 Å². The lowest BCUT2D eigenvalue weighted by atomic mass is 10.0. The van der Waals surface area contributed by atoms with Crippen molar-refractivity contribution in [3.05, 3.63) is 50.0 Å². The molecule has 2 heterocycles. The number of benzene rings is 2. The number of nitrogens with one attached hydrogen (secondary N) is 2. The van der Waals surface area contributed by atoms with Crippen molar-refractivity contribution in [1.82, 2.24) is 14.7 Å². The molecule has 1 unspecified atom stereocenters. The molecular formula is C39H52Cl2N8O9. The van der Waals surface area contributed by atoms with Crippen LogP contribution in [0.3, 0.4) is 0 Å². The fourth-order valence-corrected chi connectivity index (χ4v) is 7.27. The summed E-state index contributed by atoms with van der Waals surface area (Å²) in [7, 11) is 6.83. The molecule has 2 aromatic rings. The number of nitrogens with zero attached hydrogens (tertiary/aromatic N) is 6. The van der Waals surface area contributed by atoms with E-state index in [4.69, 9.17) is 42.1 Å². The van der Waals surface area contributed by atoms with E-state index in [1.807, 2.05) is 19.0 Å². The SMILES string of the molecule is COc1cc(OC)c(Cl)c(NC(=O)N(C2CC2)C2N=CC=C(c3cc(N4CCC(N(C)C)CC4)cc([N+](=O)[O-])c3NC(=O)OC(C)(C)C)N2C(=O)OC(C)(C)C)c1Cl. The molecule has 2 aromatic carbocycles. The third kappa shape index (κ3) is 10.2. The first-order valence-electron chi connectivity index (χ1n) is 18.8. The lowest BCUT2D eigenvalue weighted by Crippen LogP contribution is -2.55. The molecule has 0 bridgehead atoms. The number of halogens is 2. The number of ether oxygens (including phenoxy) is 4. The van der Waals surface area contributed by atoms with Gasteiger partial charge in [0.05, 0.1) is 30.5 Å². The minimum atomic E-state index is -1.39. The number of hydrogen-bond donors (Lipinski definition) is 2. The maximum atomic E-state index is 14.5. The third-order valence-electron chi connectivity index (χ3n) is 9.52. The summed E-state index contributed by atoms with van der Waals surface area (Å²) in [4.78, 5) is 66.0. The Morgan fingerprint density at radius 1 is 0.862 bits per heavy atom. The second-order valence-corrected chi connectivity index (χ2v) is 17.1. The Balaban J connectivity index is 1.68. The number of aliphatic imine (C=N–C) groups is 1. The van der Waals surface area contributed by atoms with E-state index < -0.39 is 52.4 Å². The standard InChI is InChI=1S/C39H52Cl2N8O9/c1-38(2,3)57-36(51)44-32-25(19-24(20-27(32)49(53)54)46-17-14-22(15-18-46)45(7)8)26-13-16-42-34(48(26)37(52)58-39(4,5)6)47(23-11-12-23)35(50)43-33-30(40)28(55-9)21-29(56-10)31(33)41/h13,16,19-23,34H,11-12,14-15,17-18H2,1-10H3,(H,43,50)(H,44,51). The number of allylic oxidation sites excluding steroid dienone is 1.